The Balaban J connectivity index is 0.000000210. The fraction of sp³-hybridized carbons (Fsp3) is 0.733. The van der Waals surface area contributed by atoms with E-state index in [-0.39, 0.29) is 53.0 Å². The molecule has 2 aromatic rings. The van der Waals surface area contributed by atoms with Gasteiger partial charge in [-0.1, -0.05) is 25.7 Å². The maximum Gasteiger partial charge on any atom is 0.258 e. The summed E-state index contributed by atoms with van der Waals surface area (Å²) >= 11 is 4.24. The number of carbonyl (C=O) groups is 4. The minimum Gasteiger partial charge on any atom is -0.383 e. The SMILES string of the molecule is CC1ON1C.I.II.O=C1CC2(CCCC2)C(O)C(=O)N1CCCCN1CCN(c2ncccn2)CC1.O=C1CC2(CCCC2)CC(=O)N1CCCCN1CCN(c2ncccn2)CC1. The lowest BCUT2D eigenvalue weighted by Gasteiger charge is -2.41. The summed E-state index contributed by atoms with van der Waals surface area (Å²) in [5, 5.41) is 12.3. The van der Waals surface area contributed by atoms with Crippen molar-refractivity contribution in [3.63, 3.8) is 0 Å². The molecule has 3 atom stereocenters. The number of hydrogen-bond donors (Lipinski definition) is 1. The van der Waals surface area contributed by atoms with Crippen LogP contribution in [-0.2, 0) is 24.0 Å². The van der Waals surface area contributed by atoms with Crippen molar-refractivity contribution >= 4 is 96.7 Å². The average molecular weight is 1240 g/mol. The lowest BCUT2D eigenvalue weighted by Crippen LogP contribution is -2.56. The number of aromatic nitrogens is 4. The molecule has 0 aromatic carbocycles. The highest BCUT2D eigenvalue weighted by Gasteiger charge is 2.52. The second-order valence-corrected chi connectivity index (χ2v) is 18.5. The van der Waals surface area contributed by atoms with Crippen LogP contribution in [0, 0.1) is 10.8 Å². The molecule has 0 radical (unpaired) electrons. The second-order valence-electron chi connectivity index (χ2n) is 18.5. The van der Waals surface area contributed by atoms with E-state index in [1.165, 1.54) is 22.6 Å². The summed E-state index contributed by atoms with van der Waals surface area (Å²) in [5.41, 5.74) is -0.473. The van der Waals surface area contributed by atoms with Gasteiger partial charge in [0.15, 0.2) is 6.23 Å². The van der Waals surface area contributed by atoms with Gasteiger partial charge < -0.3 is 14.9 Å². The summed E-state index contributed by atoms with van der Waals surface area (Å²) in [6.45, 7) is 12.6. The van der Waals surface area contributed by atoms with E-state index in [2.05, 4.69) is 76.8 Å². The van der Waals surface area contributed by atoms with Crippen molar-refractivity contribution < 1.29 is 29.1 Å². The zero-order valence-electron chi connectivity index (χ0n) is 38.3. The van der Waals surface area contributed by atoms with Gasteiger partial charge in [-0.15, -0.1) is 24.0 Å². The normalized spacial score (nSPS) is 25.0. The van der Waals surface area contributed by atoms with Crippen LogP contribution in [0.15, 0.2) is 36.9 Å². The molecule has 2 spiro atoms. The van der Waals surface area contributed by atoms with Crippen molar-refractivity contribution in [3.8, 4) is 0 Å². The summed E-state index contributed by atoms with van der Waals surface area (Å²) in [4.78, 5) is 84.3. The van der Waals surface area contributed by atoms with Gasteiger partial charge in [0, 0.05) is 159 Å². The Kier molecular flexibility index (Phi) is 22.2. The Morgan fingerprint density at radius 2 is 0.985 bits per heavy atom. The van der Waals surface area contributed by atoms with Gasteiger partial charge in [-0.25, -0.2) is 19.9 Å². The van der Waals surface area contributed by atoms with E-state index in [9.17, 15) is 24.3 Å². The minimum atomic E-state index is -1.00. The van der Waals surface area contributed by atoms with Gasteiger partial charge in [0.2, 0.25) is 29.6 Å². The van der Waals surface area contributed by atoms with Crippen molar-refractivity contribution in [1.29, 1.82) is 0 Å². The number of amides is 4. The molecule has 7 fully saturated rings. The molecule has 5 aliphatic heterocycles. The van der Waals surface area contributed by atoms with Crippen LogP contribution in [0.2, 0.25) is 0 Å². The van der Waals surface area contributed by atoms with Crippen LogP contribution < -0.4 is 9.80 Å². The third-order valence-corrected chi connectivity index (χ3v) is 14.2. The first-order valence-corrected chi connectivity index (χ1v) is 29.7. The molecule has 9 rings (SSSR count). The quantitative estimate of drug-likeness (QED) is 0.118. The predicted octanol–water partition coefficient (Wildman–Crippen LogP) is 5.75. The number of piperidine rings is 2. The van der Waals surface area contributed by atoms with Gasteiger partial charge in [-0.3, -0.25) is 43.6 Å². The number of hydroxylamine groups is 2. The molecule has 4 amide bonds. The third kappa shape index (κ3) is 15.3. The maximum absolute atomic E-state index is 12.6. The number of likely N-dealkylation sites (tertiary alicyclic amines) is 2. The smallest absolute Gasteiger partial charge is 0.258 e. The Bertz CT molecular complexity index is 1760. The second kappa shape index (κ2) is 26.7. The topological polar surface area (TPSA) is 175 Å². The van der Waals surface area contributed by atoms with Gasteiger partial charge in [-0.2, -0.15) is 5.06 Å². The van der Waals surface area contributed by atoms with Crippen molar-refractivity contribution in [2.45, 2.75) is 116 Å². The van der Waals surface area contributed by atoms with E-state index in [1.54, 1.807) is 29.9 Å². The van der Waals surface area contributed by atoms with Gasteiger partial charge in [-0.05, 0) is 88.9 Å². The standard InChI is InChI=1S/C21H31N5O3.C21H31N5O2.C3H7NO.I2.HI/c27-17-16-21(6-1-2-7-21)18(28)19(29)26(17)11-4-3-10-24-12-14-25(15-13-24)20-22-8-5-9-23-20;27-18-16-21(6-1-2-7-21)17-19(28)26(18)11-4-3-10-24-12-14-25(15-13-24)20-22-8-5-9-23-20;1-3-4(2)5-3;1-2;/h5,8-9,18,28H,1-4,6-7,10-16H2;5,8-9H,1-4,6-7,10-17H2;3H,1-2H3;;1H. The lowest BCUT2D eigenvalue weighted by atomic mass is 9.74. The molecule has 3 unspecified atom stereocenters. The first kappa shape index (κ1) is 54.0. The number of carbonyl (C=O) groups excluding carboxylic acids is 4. The van der Waals surface area contributed by atoms with Crippen LogP contribution in [0.4, 0.5) is 11.9 Å². The summed E-state index contributed by atoms with van der Waals surface area (Å²) in [6, 6.07) is 3.66. The van der Waals surface area contributed by atoms with Gasteiger partial charge in [0.25, 0.3) is 5.91 Å². The molecule has 17 nitrogen and oxygen atoms in total. The van der Waals surface area contributed by atoms with Crippen molar-refractivity contribution in [2.75, 3.05) is 95.4 Å². The Hall–Kier alpha value is -1.97. The largest absolute Gasteiger partial charge is 0.383 e. The molecule has 2 saturated carbocycles. The van der Waals surface area contributed by atoms with Crippen LogP contribution in [0.5, 0.6) is 0 Å². The van der Waals surface area contributed by atoms with E-state index < -0.39 is 11.5 Å². The molecule has 1 N–H and O–H groups in total. The van der Waals surface area contributed by atoms with Gasteiger partial charge >= 0.3 is 0 Å². The van der Waals surface area contributed by atoms with E-state index in [0.717, 1.165) is 142 Å². The van der Waals surface area contributed by atoms with Crippen LogP contribution >= 0.6 is 61.2 Å². The van der Waals surface area contributed by atoms with E-state index >= 15 is 0 Å². The molecule has 7 aliphatic rings. The number of halogens is 3. The molecule has 0 bridgehead atoms. The number of rotatable bonds is 12. The Morgan fingerprint density at radius 1 is 0.615 bits per heavy atom. The summed E-state index contributed by atoms with van der Waals surface area (Å²) in [6.07, 6.45) is 19.6. The average Bonchev–Trinajstić information content (AvgIpc) is 3.61. The highest BCUT2D eigenvalue weighted by molar-refractivity contribution is 15.0. The molecular weight excluding hydrogens is 1170 g/mol. The highest BCUT2D eigenvalue weighted by Crippen LogP contribution is 2.48. The molecule has 65 heavy (non-hydrogen) atoms. The predicted molar refractivity (Wildman–Crippen MR) is 277 cm³/mol. The number of aliphatic hydroxyl groups is 1. The minimum absolute atomic E-state index is 0. The summed E-state index contributed by atoms with van der Waals surface area (Å²) in [7, 11) is 1.91. The number of piperazine rings is 2. The molecular formula is C45H70I3N11O6. The Morgan fingerprint density at radius 3 is 1.40 bits per heavy atom. The van der Waals surface area contributed by atoms with Crippen LogP contribution in [0.25, 0.3) is 0 Å². The number of aliphatic hydroxyl groups excluding tert-OH is 1. The monoisotopic (exact) mass is 1240 g/mol. The molecule has 2 aromatic heterocycles. The van der Waals surface area contributed by atoms with Crippen molar-refractivity contribution in [2.24, 2.45) is 10.8 Å². The fourth-order valence-electron chi connectivity index (χ4n) is 10.2. The number of imide groups is 2. The van der Waals surface area contributed by atoms with E-state index in [1.807, 2.05) is 26.1 Å². The highest BCUT2D eigenvalue weighted by atomic mass is 128. The van der Waals surface area contributed by atoms with E-state index in [0.29, 0.717) is 38.6 Å². The third-order valence-electron chi connectivity index (χ3n) is 14.2. The lowest BCUT2D eigenvalue weighted by molar-refractivity contribution is -0.167. The van der Waals surface area contributed by atoms with Gasteiger partial charge in [0.05, 0.1) is 0 Å². The zero-order chi connectivity index (χ0) is 45.5. The van der Waals surface area contributed by atoms with Crippen LogP contribution in [0.1, 0.15) is 103 Å². The number of nitrogens with zero attached hydrogens (tertiary/aromatic N) is 11. The molecule has 362 valence electrons. The maximum atomic E-state index is 12.6. The first-order chi connectivity index (χ1) is 31.0. The first-order valence-electron chi connectivity index (χ1n) is 23.4. The fourth-order valence-corrected chi connectivity index (χ4v) is 10.2. The summed E-state index contributed by atoms with van der Waals surface area (Å²) in [5.74, 6) is 1.25. The number of hydrogen-bond acceptors (Lipinski definition) is 15. The van der Waals surface area contributed by atoms with Crippen molar-refractivity contribution in [1.82, 2.24) is 44.6 Å². The Labute approximate surface area is 425 Å². The molecule has 5 saturated heterocycles. The number of anilines is 2. The summed E-state index contributed by atoms with van der Waals surface area (Å²) < 4.78 is 0. The van der Waals surface area contributed by atoms with Crippen LogP contribution in [-0.4, -0.2) is 171 Å². The van der Waals surface area contributed by atoms with Gasteiger partial charge in [0.1, 0.15) is 6.10 Å². The number of unbranched alkanes of at least 4 members (excludes halogenated alkanes) is 2. The molecule has 20 heteroatoms. The molecule has 7 heterocycles. The molecule has 2 aliphatic carbocycles. The van der Waals surface area contributed by atoms with Crippen molar-refractivity contribution in [3.05, 3.63) is 36.9 Å². The van der Waals surface area contributed by atoms with Crippen LogP contribution in [0.3, 0.4) is 0 Å². The zero-order valence-corrected chi connectivity index (χ0v) is 44.9. The van der Waals surface area contributed by atoms with E-state index in [4.69, 9.17) is 4.84 Å².